The Balaban J connectivity index is 1.71. The van der Waals surface area contributed by atoms with Gasteiger partial charge in [0.2, 0.25) is 11.8 Å². The van der Waals surface area contributed by atoms with Crippen molar-refractivity contribution in [3.63, 3.8) is 0 Å². The molecule has 4 nitrogen and oxygen atoms in total. The van der Waals surface area contributed by atoms with Gasteiger partial charge in [0.05, 0.1) is 16.6 Å². The highest BCUT2D eigenvalue weighted by Crippen LogP contribution is 2.33. The molecule has 2 aromatic carbocycles. The number of halogens is 2. The number of nitrogens with zero attached hydrogens (tertiary/aromatic N) is 2. The average Bonchev–Trinajstić information content (AvgIpc) is 2.98. The van der Waals surface area contributed by atoms with Crippen molar-refractivity contribution < 1.29 is 9.59 Å². The number of carbonyl (C=O) groups is 2. The van der Waals surface area contributed by atoms with Crippen LogP contribution in [0.1, 0.15) is 12.0 Å². The lowest BCUT2D eigenvalue weighted by Gasteiger charge is -2.22. The van der Waals surface area contributed by atoms with E-state index < -0.39 is 0 Å². The molecule has 0 aromatic heterocycles. The molecule has 2 aromatic rings. The minimum absolute atomic E-state index is 0.0437. The molecule has 0 radical (unpaired) electrons. The molecule has 1 aliphatic rings. The first kappa shape index (κ1) is 17.8. The quantitative estimate of drug-likeness (QED) is 0.808. The molecule has 1 heterocycles. The van der Waals surface area contributed by atoms with Crippen molar-refractivity contribution in [3.8, 4) is 0 Å². The highest BCUT2D eigenvalue weighted by molar-refractivity contribution is 6.35. The zero-order valence-electron chi connectivity index (χ0n) is 13.8. The Morgan fingerprint density at radius 1 is 1.20 bits per heavy atom. The van der Waals surface area contributed by atoms with E-state index in [1.165, 1.54) is 0 Å². The molecule has 0 saturated carbocycles. The van der Waals surface area contributed by atoms with Crippen LogP contribution in [0.4, 0.5) is 5.69 Å². The molecule has 1 saturated heterocycles. The Morgan fingerprint density at radius 2 is 1.92 bits per heavy atom. The van der Waals surface area contributed by atoms with Crippen molar-refractivity contribution in [2.45, 2.75) is 13.0 Å². The van der Waals surface area contributed by atoms with E-state index >= 15 is 0 Å². The van der Waals surface area contributed by atoms with Gasteiger partial charge in [0.1, 0.15) is 0 Å². The fraction of sp³-hybridized carbons (Fsp3) is 0.263. The third-order valence-corrected chi connectivity index (χ3v) is 4.87. The summed E-state index contributed by atoms with van der Waals surface area (Å²) in [6, 6.07) is 14.7. The molecule has 1 aliphatic heterocycles. The Bertz CT molecular complexity index is 795. The Morgan fingerprint density at radius 3 is 2.64 bits per heavy atom. The highest BCUT2D eigenvalue weighted by Gasteiger charge is 2.37. The Labute approximate surface area is 156 Å². The molecule has 1 atom stereocenters. The normalized spacial score (nSPS) is 17.0. The number of rotatable bonds is 4. The van der Waals surface area contributed by atoms with Crippen LogP contribution in [0.15, 0.2) is 48.5 Å². The summed E-state index contributed by atoms with van der Waals surface area (Å²) in [7, 11) is 1.76. The summed E-state index contributed by atoms with van der Waals surface area (Å²) in [6.07, 6.45) is 0.181. The van der Waals surface area contributed by atoms with E-state index in [1.54, 1.807) is 35.0 Å². The predicted octanol–water partition coefficient (Wildman–Crippen LogP) is 4.00. The lowest BCUT2D eigenvalue weighted by atomic mass is 10.1. The topological polar surface area (TPSA) is 40.6 Å². The van der Waals surface area contributed by atoms with Crippen LogP contribution in [0, 0.1) is 5.92 Å². The number of amides is 2. The molecule has 130 valence electrons. The van der Waals surface area contributed by atoms with Gasteiger partial charge in [-0.25, -0.2) is 0 Å². The van der Waals surface area contributed by atoms with Gasteiger partial charge in [-0.3, -0.25) is 9.59 Å². The van der Waals surface area contributed by atoms with Gasteiger partial charge in [-0.2, -0.15) is 0 Å². The van der Waals surface area contributed by atoms with Crippen molar-refractivity contribution in [3.05, 3.63) is 64.1 Å². The average molecular weight is 377 g/mol. The third-order valence-electron chi connectivity index (χ3n) is 4.31. The van der Waals surface area contributed by atoms with Gasteiger partial charge in [0, 0.05) is 31.6 Å². The van der Waals surface area contributed by atoms with Crippen molar-refractivity contribution in [1.82, 2.24) is 4.90 Å². The molecule has 0 spiro atoms. The molecule has 6 heteroatoms. The van der Waals surface area contributed by atoms with Gasteiger partial charge >= 0.3 is 0 Å². The minimum Gasteiger partial charge on any atom is -0.341 e. The maximum Gasteiger partial charge on any atom is 0.228 e. The van der Waals surface area contributed by atoms with E-state index in [-0.39, 0.29) is 24.2 Å². The molecule has 25 heavy (non-hydrogen) atoms. The van der Waals surface area contributed by atoms with Crippen molar-refractivity contribution in [2.24, 2.45) is 5.92 Å². The molecule has 0 N–H and O–H groups in total. The van der Waals surface area contributed by atoms with Crippen molar-refractivity contribution in [1.29, 1.82) is 0 Å². The van der Waals surface area contributed by atoms with Crippen LogP contribution in [-0.4, -0.2) is 30.3 Å². The summed E-state index contributed by atoms with van der Waals surface area (Å²) >= 11 is 12.2. The van der Waals surface area contributed by atoms with E-state index in [0.717, 1.165) is 5.56 Å². The molecule has 2 amide bonds. The van der Waals surface area contributed by atoms with Gasteiger partial charge < -0.3 is 9.80 Å². The van der Waals surface area contributed by atoms with Crippen LogP contribution in [-0.2, 0) is 16.1 Å². The number of benzene rings is 2. The van der Waals surface area contributed by atoms with Crippen LogP contribution in [0.25, 0.3) is 0 Å². The maximum absolute atomic E-state index is 12.7. The monoisotopic (exact) mass is 376 g/mol. The number of anilines is 1. The summed E-state index contributed by atoms with van der Waals surface area (Å²) in [4.78, 5) is 28.3. The molecule has 0 aliphatic carbocycles. The first-order valence-electron chi connectivity index (χ1n) is 8.00. The molecule has 3 rings (SSSR count). The molecule has 1 unspecified atom stereocenters. The molecular formula is C19H18Cl2N2O2. The van der Waals surface area contributed by atoms with Crippen LogP contribution >= 0.6 is 23.2 Å². The summed E-state index contributed by atoms with van der Waals surface area (Å²) in [5.74, 6) is -0.537. The fourth-order valence-electron chi connectivity index (χ4n) is 3.05. The second-order valence-corrected chi connectivity index (χ2v) is 7.02. The number of hydrogen-bond acceptors (Lipinski definition) is 2. The zero-order chi connectivity index (χ0) is 18.0. The highest BCUT2D eigenvalue weighted by atomic mass is 35.5. The van der Waals surface area contributed by atoms with E-state index in [9.17, 15) is 9.59 Å². The van der Waals surface area contributed by atoms with Gasteiger partial charge in [0.25, 0.3) is 0 Å². The summed E-state index contributed by atoms with van der Waals surface area (Å²) in [6.45, 7) is 0.832. The summed E-state index contributed by atoms with van der Waals surface area (Å²) in [5, 5.41) is 0.951. The second kappa shape index (κ2) is 7.46. The van der Waals surface area contributed by atoms with Crippen molar-refractivity contribution >= 4 is 40.7 Å². The third kappa shape index (κ3) is 3.97. The first-order valence-corrected chi connectivity index (χ1v) is 8.75. The zero-order valence-corrected chi connectivity index (χ0v) is 15.3. The molecule has 0 bridgehead atoms. The number of hydrogen-bond donors (Lipinski definition) is 0. The lowest BCUT2D eigenvalue weighted by Crippen LogP contribution is -2.34. The molecular weight excluding hydrogens is 359 g/mol. The fourth-order valence-corrected chi connectivity index (χ4v) is 3.43. The molecule has 1 fully saturated rings. The predicted molar refractivity (Wildman–Crippen MR) is 99.8 cm³/mol. The standard InChI is InChI=1S/C19H18Cl2N2O2/c1-22(11-13-5-3-2-4-6-13)19(25)14-9-18(24)23(12-14)17-10-15(20)7-8-16(17)21/h2-8,10,14H,9,11-12H2,1H3. The lowest BCUT2D eigenvalue weighted by molar-refractivity contribution is -0.135. The van der Waals surface area contributed by atoms with E-state index in [4.69, 9.17) is 23.2 Å². The van der Waals surface area contributed by atoms with Gasteiger partial charge in [0.15, 0.2) is 0 Å². The van der Waals surface area contributed by atoms with Crippen LogP contribution in [0.2, 0.25) is 10.0 Å². The first-order chi connectivity index (χ1) is 12.0. The minimum atomic E-state index is -0.378. The Kier molecular flexibility index (Phi) is 5.30. The second-order valence-electron chi connectivity index (χ2n) is 6.18. The van der Waals surface area contributed by atoms with E-state index in [2.05, 4.69) is 0 Å². The number of carbonyl (C=O) groups excluding carboxylic acids is 2. The smallest absolute Gasteiger partial charge is 0.228 e. The van der Waals surface area contributed by atoms with Gasteiger partial charge in [-0.05, 0) is 23.8 Å². The van der Waals surface area contributed by atoms with Crippen LogP contribution in [0.5, 0.6) is 0 Å². The van der Waals surface area contributed by atoms with E-state index in [1.807, 2.05) is 30.3 Å². The summed E-state index contributed by atoms with van der Waals surface area (Å²) < 4.78 is 0. The SMILES string of the molecule is CN(Cc1ccccc1)C(=O)C1CC(=O)N(c2cc(Cl)ccc2Cl)C1. The Hall–Kier alpha value is -2.04. The van der Waals surface area contributed by atoms with Crippen LogP contribution < -0.4 is 4.90 Å². The van der Waals surface area contributed by atoms with Crippen molar-refractivity contribution in [2.75, 3.05) is 18.5 Å². The van der Waals surface area contributed by atoms with Gasteiger partial charge in [-0.15, -0.1) is 0 Å². The maximum atomic E-state index is 12.7. The largest absolute Gasteiger partial charge is 0.341 e. The van der Waals surface area contributed by atoms with Gasteiger partial charge in [-0.1, -0.05) is 53.5 Å². The van der Waals surface area contributed by atoms with E-state index in [0.29, 0.717) is 28.8 Å². The van der Waals surface area contributed by atoms with Crippen LogP contribution in [0.3, 0.4) is 0 Å². The summed E-state index contributed by atoms with van der Waals surface area (Å²) in [5.41, 5.74) is 1.61.